The minimum absolute atomic E-state index is 0.169. The van der Waals surface area contributed by atoms with Gasteiger partial charge >= 0.3 is 6.18 Å². The summed E-state index contributed by atoms with van der Waals surface area (Å²) in [6.07, 6.45) is -2.13. The second-order valence-corrected chi connectivity index (χ2v) is 4.93. The third kappa shape index (κ3) is 1.83. The molecule has 1 aliphatic carbocycles. The van der Waals surface area contributed by atoms with E-state index in [4.69, 9.17) is 0 Å². The lowest BCUT2D eigenvalue weighted by Crippen LogP contribution is -2.20. The maximum Gasteiger partial charge on any atom is 0.418 e. The van der Waals surface area contributed by atoms with E-state index in [0.29, 0.717) is 12.2 Å². The molecule has 3 rings (SSSR count). The van der Waals surface area contributed by atoms with Gasteiger partial charge in [0, 0.05) is 18.5 Å². The van der Waals surface area contributed by atoms with Crippen LogP contribution in [0.15, 0.2) is 18.2 Å². The van der Waals surface area contributed by atoms with Crippen LogP contribution in [0.4, 0.5) is 24.5 Å². The van der Waals surface area contributed by atoms with Crippen LogP contribution in [0.25, 0.3) is 0 Å². The molecule has 0 bridgehead atoms. The first-order chi connectivity index (χ1) is 8.00. The van der Waals surface area contributed by atoms with Crippen molar-refractivity contribution in [3.63, 3.8) is 0 Å². The monoisotopic (exact) mass is 242 g/mol. The van der Waals surface area contributed by atoms with Crippen molar-refractivity contribution < 1.29 is 13.2 Å². The third-order valence-corrected chi connectivity index (χ3v) is 3.62. The Morgan fingerprint density at radius 3 is 2.41 bits per heavy atom. The van der Waals surface area contributed by atoms with Crippen LogP contribution in [-0.2, 0) is 6.18 Å². The Morgan fingerprint density at radius 1 is 1.06 bits per heavy atom. The molecule has 0 unspecified atom stereocenters. The standard InChI is InChI=1S/C12H13F3N2/c13-12(14,15)8-2-1-3-9-10(8)17-7-11(4-5-11)6-16-9/h1-3,16-17H,4-7H2. The van der Waals surface area contributed by atoms with Gasteiger partial charge in [-0.3, -0.25) is 0 Å². The number of fused-ring (bicyclic) bond motifs is 1. The van der Waals surface area contributed by atoms with Gasteiger partial charge in [0.2, 0.25) is 0 Å². The first-order valence-electron chi connectivity index (χ1n) is 5.68. The molecule has 0 saturated heterocycles. The number of alkyl halides is 3. The van der Waals surface area contributed by atoms with E-state index in [9.17, 15) is 13.2 Å². The van der Waals surface area contributed by atoms with Crippen molar-refractivity contribution in [2.24, 2.45) is 5.41 Å². The molecule has 17 heavy (non-hydrogen) atoms. The quantitative estimate of drug-likeness (QED) is 0.729. The van der Waals surface area contributed by atoms with Gasteiger partial charge in [-0.2, -0.15) is 13.2 Å². The molecule has 1 saturated carbocycles. The summed E-state index contributed by atoms with van der Waals surface area (Å²) in [6, 6.07) is 4.26. The maximum absolute atomic E-state index is 12.8. The van der Waals surface area contributed by atoms with Gasteiger partial charge in [0.1, 0.15) is 0 Å². The first-order valence-corrected chi connectivity index (χ1v) is 5.68. The molecule has 92 valence electrons. The Morgan fingerprint density at radius 2 is 1.76 bits per heavy atom. The molecule has 2 aliphatic rings. The maximum atomic E-state index is 12.8. The molecule has 1 heterocycles. The average Bonchev–Trinajstić information content (AvgIpc) is 3.05. The number of nitrogens with one attached hydrogen (secondary N) is 2. The van der Waals surface area contributed by atoms with Crippen molar-refractivity contribution in [2.45, 2.75) is 19.0 Å². The van der Waals surface area contributed by atoms with Crippen LogP contribution < -0.4 is 10.6 Å². The fourth-order valence-corrected chi connectivity index (χ4v) is 2.28. The smallest absolute Gasteiger partial charge is 0.383 e. The highest BCUT2D eigenvalue weighted by Gasteiger charge is 2.44. The van der Waals surface area contributed by atoms with Gasteiger partial charge in [0.25, 0.3) is 0 Å². The Bertz CT molecular complexity index is 450. The SMILES string of the molecule is FC(F)(F)c1cccc2c1NCC1(CC1)CN2. The molecule has 2 nitrogen and oxygen atoms in total. The van der Waals surface area contributed by atoms with E-state index >= 15 is 0 Å². The number of para-hydroxylation sites is 1. The topological polar surface area (TPSA) is 24.1 Å². The van der Waals surface area contributed by atoms with Crippen molar-refractivity contribution in [3.05, 3.63) is 23.8 Å². The Kier molecular flexibility index (Phi) is 2.09. The molecule has 0 amide bonds. The zero-order valence-corrected chi connectivity index (χ0v) is 9.19. The molecule has 1 fully saturated rings. The fraction of sp³-hybridized carbons (Fsp3) is 0.500. The molecular weight excluding hydrogens is 229 g/mol. The van der Waals surface area contributed by atoms with Gasteiger partial charge in [-0.15, -0.1) is 0 Å². The van der Waals surface area contributed by atoms with Crippen molar-refractivity contribution in [2.75, 3.05) is 23.7 Å². The molecule has 1 aromatic rings. The second-order valence-electron chi connectivity index (χ2n) is 4.93. The molecule has 0 radical (unpaired) electrons. The highest BCUT2D eigenvalue weighted by atomic mass is 19.4. The largest absolute Gasteiger partial charge is 0.418 e. The lowest BCUT2D eigenvalue weighted by Gasteiger charge is -2.16. The van der Waals surface area contributed by atoms with Gasteiger partial charge in [-0.05, 0) is 25.0 Å². The number of hydrogen-bond acceptors (Lipinski definition) is 2. The zero-order chi connectivity index (χ0) is 12.1. The van der Waals surface area contributed by atoms with Crippen LogP contribution in [0.1, 0.15) is 18.4 Å². The predicted molar refractivity (Wildman–Crippen MR) is 60.1 cm³/mol. The van der Waals surface area contributed by atoms with E-state index in [1.54, 1.807) is 6.07 Å². The number of halogens is 3. The van der Waals surface area contributed by atoms with E-state index in [-0.39, 0.29) is 11.1 Å². The normalized spacial score (nSPS) is 21.1. The summed E-state index contributed by atoms with van der Waals surface area (Å²) in [5.74, 6) is 0. The zero-order valence-electron chi connectivity index (χ0n) is 9.19. The summed E-state index contributed by atoms with van der Waals surface area (Å²) in [5.41, 5.74) is 0.342. The minimum Gasteiger partial charge on any atom is -0.383 e. The van der Waals surface area contributed by atoms with Crippen LogP contribution in [0, 0.1) is 5.41 Å². The predicted octanol–water partition coefficient (Wildman–Crippen LogP) is 3.32. The molecular formula is C12H13F3N2. The third-order valence-electron chi connectivity index (χ3n) is 3.62. The Hall–Kier alpha value is -1.39. The van der Waals surface area contributed by atoms with E-state index in [2.05, 4.69) is 10.6 Å². The summed E-state index contributed by atoms with van der Waals surface area (Å²) in [7, 11) is 0. The Balaban J connectivity index is 2.00. The average molecular weight is 242 g/mol. The second kappa shape index (κ2) is 3.31. The van der Waals surface area contributed by atoms with Gasteiger partial charge in [0.15, 0.2) is 0 Å². The van der Waals surface area contributed by atoms with Crippen LogP contribution >= 0.6 is 0 Å². The molecule has 0 atom stereocenters. The van der Waals surface area contributed by atoms with E-state index in [0.717, 1.165) is 25.5 Å². The van der Waals surface area contributed by atoms with Gasteiger partial charge in [-0.25, -0.2) is 0 Å². The van der Waals surface area contributed by atoms with E-state index in [1.165, 1.54) is 6.07 Å². The minimum atomic E-state index is -4.30. The van der Waals surface area contributed by atoms with E-state index < -0.39 is 11.7 Å². The summed E-state index contributed by atoms with van der Waals surface area (Å²) < 4.78 is 38.5. The lowest BCUT2D eigenvalue weighted by atomic mass is 10.1. The number of benzene rings is 1. The van der Waals surface area contributed by atoms with Crippen LogP contribution in [0.3, 0.4) is 0 Å². The number of hydrogen-bond donors (Lipinski definition) is 2. The van der Waals surface area contributed by atoms with Crippen LogP contribution in [-0.4, -0.2) is 13.1 Å². The number of anilines is 2. The highest BCUT2D eigenvalue weighted by molar-refractivity contribution is 5.74. The number of rotatable bonds is 0. The van der Waals surface area contributed by atoms with Gasteiger partial charge < -0.3 is 10.6 Å². The summed E-state index contributed by atoms with van der Waals surface area (Å²) in [4.78, 5) is 0. The molecule has 2 N–H and O–H groups in total. The van der Waals surface area contributed by atoms with Gasteiger partial charge in [0.05, 0.1) is 16.9 Å². The summed E-state index contributed by atoms with van der Waals surface area (Å²) in [6.45, 7) is 1.38. The molecule has 1 spiro atoms. The molecule has 1 aromatic carbocycles. The van der Waals surface area contributed by atoms with Crippen molar-refractivity contribution in [1.29, 1.82) is 0 Å². The van der Waals surface area contributed by atoms with Crippen molar-refractivity contribution >= 4 is 11.4 Å². The van der Waals surface area contributed by atoms with Crippen molar-refractivity contribution in [3.8, 4) is 0 Å². The van der Waals surface area contributed by atoms with E-state index in [1.807, 2.05) is 0 Å². The lowest BCUT2D eigenvalue weighted by molar-refractivity contribution is -0.136. The molecule has 5 heteroatoms. The summed E-state index contributed by atoms with van der Waals surface area (Å²) >= 11 is 0. The van der Waals surface area contributed by atoms with Crippen LogP contribution in [0.5, 0.6) is 0 Å². The van der Waals surface area contributed by atoms with Crippen molar-refractivity contribution in [1.82, 2.24) is 0 Å². The highest BCUT2D eigenvalue weighted by Crippen LogP contribution is 2.49. The first kappa shape index (κ1) is 10.7. The summed E-state index contributed by atoms with van der Waals surface area (Å²) in [5, 5.41) is 6.10. The van der Waals surface area contributed by atoms with Crippen LogP contribution in [0.2, 0.25) is 0 Å². The molecule has 1 aliphatic heterocycles. The fourth-order valence-electron chi connectivity index (χ4n) is 2.28. The Labute approximate surface area is 97.2 Å². The molecule has 0 aromatic heterocycles. The van der Waals surface area contributed by atoms with Gasteiger partial charge in [-0.1, -0.05) is 6.07 Å².